The van der Waals surface area contributed by atoms with Gasteiger partial charge in [-0.25, -0.2) is 0 Å². The highest BCUT2D eigenvalue weighted by molar-refractivity contribution is 4.87. The summed E-state index contributed by atoms with van der Waals surface area (Å²) in [7, 11) is 0. The number of likely N-dealkylation sites (N-methyl/N-ethyl adjacent to an activating group) is 1. The Morgan fingerprint density at radius 2 is 2.06 bits per heavy atom. The van der Waals surface area contributed by atoms with Gasteiger partial charge in [-0.1, -0.05) is 20.3 Å². The van der Waals surface area contributed by atoms with Crippen LogP contribution in [0.5, 0.6) is 0 Å². The molecule has 4 heteroatoms. The van der Waals surface area contributed by atoms with Gasteiger partial charge in [0, 0.05) is 37.8 Å². The smallest absolute Gasteiger partial charge is 0.0601 e. The fourth-order valence-corrected chi connectivity index (χ4v) is 2.84. The first-order valence-corrected chi connectivity index (χ1v) is 6.98. The molecule has 0 saturated carbocycles. The molecule has 1 heterocycles. The van der Waals surface area contributed by atoms with E-state index in [1.54, 1.807) is 0 Å². The van der Waals surface area contributed by atoms with E-state index in [9.17, 15) is 5.11 Å². The molecule has 3 N–H and O–H groups in total. The predicted molar refractivity (Wildman–Crippen MR) is 72.0 cm³/mol. The lowest BCUT2D eigenvalue weighted by Crippen LogP contribution is -2.59. The van der Waals surface area contributed by atoms with E-state index >= 15 is 0 Å². The van der Waals surface area contributed by atoms with Crippen LogP contribution in [0, 0.1) is 0 Å². The molecule has 0 aromatic rings. The van der Waals surface area contributed by atoms with Gasteiger partial charge in [-0.05, 0) is 19.9 Å². The van der Waals surface area contributed by atoms with Gasteiger partial charge in [-0.2, -0.15) is 0 Å². The first kappa shape index (κ1) is 14.9. The van der Waals surface area contributed by atoms with E-state index in [-0.39, 0.29) is 18.7 Å². The highest BCUT2D eigenvalue weighted by Crippen LogP contribution is 2.15. The van der Waals surface area contributed by atoms with E-state index in [2.05, 4.69) is 30.6 Å². The van der Waals surface area contributed by atoms with Crippen LogP contribution in [-0.4, -0.2) is 65.8 Å². The van der Waals surface area contributed by atoms with Crippen molar-refractivity contribution in [3.05, 3.63) is 0 Å². The second kappa shape index (κ2) is 7.31. The van der Waals surface area contributed by atoms with Gasteiger partial charge in [-0.3, -0.25) is 9.80 Å². The zero-order valence-electron chi connectivity index (χ0n) is 11.6. The van der Waals surface area contributed by atoms with Crippen LogP contribution in [0.25, 0.3) is 0 Å². The van der Waals surface area contributed by atoms with Crippen LogP contribution in [-0.2, 0) is 0 Å². The molecule has 0 aliphatic carbocycles. The Balaban J connectivity index is 2.53. The molecule has 0 aromatic carbocycles. The van der Waals surface area contributed by atoms with Crippen LogP contribution in [0.4, 0.5) is 0 Å². The van der Waals surface area contributed by atoms with Crippen molar-refractivity contribution in [2.24, 2.45) is 5.73 Å². The molecule has 1 rings (SSSR count). The summed E-state index contributed by atoms with van der Waals surface area (Å²) in [6.45, 7) is 11.0. The van der Waals surface area contributed by atoms with E-state index in [4.69, 9.17) is 5.73 Å². The monoisotopic (exact) mass is 243 g/mol. The number of hydrogen-bond donors (Lipinski definition) is 2. The summed E-state index contributed by atoms with van der Waals surface area (Å²) in [5.74, 6) is 0. The Kier molecular flexibility index (Phi) is 6.41. The maximum absolute atomic E-state index is 9.55. The molecular weight excluding hydrogens is 214 g/mol. The number of aliphatic hydroxyl groups excluding tert-OH is 1. The van der Waals surface area contributed by atoms with E-state index in [0.29, 0.717) is 6.04 Å². The third kappa shape index (κ3) is 3.91. The van der Waals surface area contributed by atoms with Crippen LogP contribution >= 0.6 is 0 Å². The Labute approximate surface area is 106 Å². The summed E-state index contributed by atoms with van der Waals surface area (Å²) in [4.78, 5) is 4.85. The number of piperazine rings is 1. The minimum absolute atomic E-state index is 0.102. The molecular formula is C13H29N3O. The molecule has 0 spiro atoms. The van der Waals surface area contributed by atoms with Gasteiger partial charge >= 0.3 is 0 Å². The molecule has 0 bridgehead atoms. The van der Waals surface area contributed by atoms with Crippen LogP contribution < -0.4 is 5.73 Å². The maximum Gasteiger partial charge on any atom is 0.0601 e. The highest BCUT2D eigenvalue weighted by Gasteiger charge is 2.29. The van der Waals surface area contributed by atoms with Crippen LogP contribution in [0.15, 0.2) is 0 Å². The van der Waals surface area contributed by atoms with Gasteiger partial charge in [-0.15, -0.1) is 0 Å². The summed E-state index contributed by atoms with van der Waals surface area (Å²) < 4.78 is 0. The zero-order valence-corrected chi connectivity index (χ0v) is 11.6. The van der Waals surface area contributed by atoms with Gasteiger partial charge in [0.25, 0.3) is 0 Å². The Morgan fingerprint density at radius 1 is 1.35 bits per heavy atom. The zero-order chi connectivity index (χ0) is 12.8. The summed E-state index contributed by atoms with van der Waals surface area (Å²) in [6.07, 6.45) is 2.08. The lowest BCUT2D eigenvalue weighted by atomic mass is 10.0. The van der Waals surface area contributed by atoms with Crippen molar-refractivity contribution in [1.29, 1.82) is 0 Å². The van der Waals surface area contributed by atoms with E-state index < -0.39 is 0 Å². The van der Waals surface area contributed by atoms with Crippen molar-refractivity contribution in [2.75, 3.05) is 32.8 Å². The third-order valence-corrected chi connectivity index (χ3v) is 3.97. The summed E-state index contributed by atoms with van der Waals surface area (Å²) in [6, 6.07) is 0.804. The minimum atomic E-state index is 0.102. The van der Waals surface area contributed by atoms with Crippen molar-refractivity contribution >= 4 is 0 Å². The van der Waals surface area contributed by atoms with Crippen molar-refractivity contribution in [1.82, 2.24) is 9.80 Å². The lowest BCUT2D eigenvalue weighted by molar-refractivity contribution is 0.0267. The fraction of sp³-hybridized carbons (Fsp3) is 1.00. The number of hydrogen-bond acceptors (Lipinski definition) is 4. The molecule has 0 aromatic heterocycles. The first-order valence-electron chi connectivity index (χ1n) is 6.98. The van der Waals surface area contributed by atoms with Gasteiger partial charge in [0.05, 0.1) is 6.61 Å². The third-order valence-electron chi connectivity index (χ3n) is 3.97. The standard InChI is InChI=1S/C13H29N3O/c1-4-6-12(14)13(10-17)16-8-7-15(5-2)11(3)9-16/h11-13,17H,4-10,14H2,1-3H3. The van der Waals surface area contributed by atoms with Crippen molar-refractivity contribution in [3.63, 3.8) is 0 Å². The molecule has 1 aliphatic heterocycles. The first-order chi connectivity index (χ1) is 8.13. The molecule has 1 fully saturated rings. The second-order valence-electron chi connectivity index (χ2n) is 5.17. The molecule has 17 heavy (non-hydrogen) atoms. The molecule has 4 nitrogen and oxygen atoms in total. The molecule has 0 amide bonds. The average Bonchev–Trinajstić information content (AvgIpc) is 2.30. The Morgan fingerprint density at radius 3 is 2.53 bits per heavy atom. The van der Waals surface area contributed by atoms with Crippen molar-refractivity contribution in [2.45, 2.75) is 51.7 Å². The largest absolute Gasteiger partial charge is 0.395 e. The van der Waals surface area contributed by atoms with E-state index in [1.165, 1.54) is 0 Å². The van der Waals surface area contributed by atoms with Gasteiger partial charge in [0.15, 0.2) is 0 Å². The number of aliphatic hydroxyl groups is 1. The predicted octanol–water partition coefficient (Wildman–Crippen LogP) is 0.501. The highest BCUT2D eigenvalue weighted by atomic mass is 16.3. The average molecular weight is 243 g/mol. The molecule has 3 unspecified atom stereocenters. The normalized spacial score (nSPS) is 27.0. The van der Waals surface area contributed by atoms with Crippen molar-refractivity contribution < 1.29 is 5.11 Å². The van der Waals surface area contributed by atoms with Crippen LogP contribution in [0.2, 0.25) is 0 Å². The number of rotatable bonds is 6. The van der Waals surface area contributed by atoms with Gasteiger partial charge < -0.3 is 10.8 Å². The molecule has 0 radical (unpaired) electrons. The molecule has 3 atom stereocenters. The minimum Gasteiger partial charge on any atom is -0.395 e. The second-order valence-corrected chi connectivity index (χ2v) is 5.17. The van der Waals surface area contributed by atoms with E-state index in [1.807, 2.05) is 0 Å². The SMILES string of the molecule is CCCC(N)C(CO)N1CCN(CC)C(C)C1. The maximum atomic E-state index is 9.55. The number of nitrogens with zero attached hydrogens (tertiary/aromatic N) is 2. The number of nitrogens with two attached hydrogens (primary N) is 1. The van der Waals surface area contributed by atoms with E-state index in [0.717, 1.165) is 39.0 Å². The summed E-state index contributed by atoms with van der Waals surface area (Å²) in [5.41, 5.74) is 6.17. The van der Waals surface area contributed by atoms with Gasteiger partial charge in [0.2, 0.25) is 0 Å². The van der Waals surface area contributed by atoms with Crippen LogP contribution in [0.1, 0.15) is 33.6 Å². The Bertz CT molecular complexity index is 213. The molecule has 1 saturated heterocycles. The van der Waals surface area contributed by atoms with Crippen LogP contribution in [0.3, 0.4) is 0 Å². The molecule has 1 aliphatic rings. The lowest BCUT2D eigenvalue weighted by Gasteiger charge is -2.44. The van der Waals surface area contributed by atoms with Gasteiger partial charge in [0.1, 0.15) is 0 Å². The quantitative estimate of drug-likeness (QED) is 0.713. The Hall–Kier alpha value is -0.160. The summed E-state index contributed by atoms with van der Waals surface area (Å²) in [5, 5.41) is 9.55. The van der Waals surface area contributed by atoms with Crippen molar-refractivity contribution in [3.8, 4) is 0 Å². The molecule has 102 valence electrons. The summed E-state index contributed by atoms with van der Waals surface area (Å²) >= 11 is 0. The topological polar surface area (TPSA) is 52.7 Å². The fourth-order valence-electron chi connectivity index (χ4n) is 2.84.